The van der Waals surface area contributed by atoms with E-state index in [1.54, 1.807) is 0 Å². The molecule has 1 unspecified atom stereocenters. The fraction of sp³-hybridized carbons (Fsp3) is 0.455. The summed E-state index contributed by atoms with van der Waals surface area (Å²) in [6.07, 6.45) is 4.22. The lowest BCUT2D eigenvalue weighted by atomic mass is 10.0. The molecule has 1 aliphatic heterocycles. The molecule has 6 nitrogen and oxygen atoms in total. The van der Waals surface area contributed by atoms with Gasteiger partial charge < -0.3 is 20.4 Å². The normalized spacial score (nSPS) is 18.5. The molecule has 2 amide bonds. The minimum Gasteiger partial charge on any atom is -0.354 e. The molecule has 1 aromatic carbocycles. The van der Waals surface area contributed by atoms with Gasteiger partial charge in [-0.1, -0.05) is 36.4 Å². The largest absolute Gasteiger partial charge is 0.354 e. The molecule has 0 bridgehead atoms. The molecule has 1 saturated heterocycles. The van der Waals surface area contributed by atoms with E-state index in [1.807, 2.05) is 24.4 Å². The highest BCUT2D eigenvalue weighted by molar-refractivity contribution is 5.74. The summed E-state index contributed by atoms with van der Waals surface area (Å²) < 4.78 is 0. The third-order valence-corrected chi connectivity index (χ3v) is 5.63. The van der Waals surface area contributed by atoms with E-state index in [1.165, 1.54) is 18.4 Å². The Balaban J connectivity index is 1.28. The van der Waals surface area contributed by atoms with Gasteiger partial charge in [-0.2, -0.15) is 0 Å². The van der Waals surface area contributed by atoms with Crippen LogP contribution in [-0.4, -0.2) is 49.1 Å². The molecule has 2 aliphatic rings. The highest BCUT2D eigenvalue weighted by Gasteiger charge is 2.33. The molecule has 2 aromatic rings. The van der Waals surface area contributed by atoms with Crippen molar-refractivity contribution in [2.45, 2.75) is 25.4 Å². The number of hydrogen-bond donors (Lipinski definition) is 2. The predicted octanol–water partition coefficient (Wildman–Crippen LogP) is 2.78. The summed E-state index contributed by atoms with van der Waals surface area (Å²) in [6, 6.07) is 14.3. The van der Waals surface area contributed by atoms with Crippen LogP contribution in [0.3, 0.4) is 0 Å². The minimum absolute atomic E-state index is 0.0962. The van der Waals surface area contributed by atoms with Gasteiger partial charge in [-0.25, -0.2) is 9.78 Å². The topological polar surface area (TPSA) is 60.5 Å². The number of nitrogens with one attached hydrogen (secondary N) is 2. The molecule has 0 radical (unpaired) electrons. The van der Waals surface area contributed by atoms with Crippen molar-refractivity contribution in [1.29, 1.82) is 0 Å². The predicted molar refractivity (Wildman–Crippen MR) is 111 cm³/mol. The van der Waals surface area contributed by atoms with E-state index < -0.39 is 0 Å². The number of urea groups is 1. The molecule has 1 aliphatic carbocycles. The second kappa shape index (κ2) is 8.61. The molecule has 2 heterocycles. The van der Waals surface area contributed by atoms with Crippen LogP contribution in [0.5, 0.6) is 0 Å². The fourth-order valence-electron chi connectivity index (χ4n) is 3.68. The van der Waals surface area contributed by atoms with Crippen molar-refractivity contribution in [2.24, 2.45) is 5.92 Å². The molecule has 2 fully saturated rings. The summed E-state index contributed by atoms with van der Waals surface area (Å²) in [6.45, 7) is 4.62. The molecular weight excluding hydrogens is 350 g/mol. The van der Waals surface area contributed by atoms with Crippen molar-refractivity contribution in [1.82, 2.24) is 20.5 Å². The van der Waals surface area contributed by atoms with Crippen LogP contribution in [0, 0.1) is 5.92 Å². The first-order chi connectivity index (χ1) is 13.7. The Hall–Kier alpha value is -2.60. The van der Waals surface area contributed by atoms with E-state index in [2.05, 4.69) is 56.7 Å². The Labute approximate surface area is 166 Å². The zero-order chi connectivity index (χ0) is 19.3. The number of amides is 2. The highest BCUT2D eigenvalue weighted by Crippen LogP contribution is 2.40. The van der Waals surface area contributed by atoms with Gasteiger partial charge in [-0.15, -0.1) is 0 Å². The van der Waals surface area contributed by atoms with Crippen LogP contribution in [0.4, 0.5) is 10.6 Å². The minimum atomic E-state index is -0.121. The molecule has 1 atom stereocenters. The maximum atomic E-state index is 12.4. The second-order valence-corrected chi connectivity index (χ2v) is 7.87. The summed E-state index contributed by atoms with van der Waals surface area (Å²) >= 11 is 0. The van der Waals surface area contributed by atoms with Gasteiger partial charge in [-0.3, -0.25) is 0 Å². The first-order valence-corrected chi connectivity index (χ1v) is 10.2. The smallest absolute Gasteiger partial charge is 0.315 e. The third-order valence-electron chi connectivity index (χ3n) is 5.63. The number of rotatable bonds is 6. The van der Waals surface area contributed by atoms with E-state index >= 15 is 0 Å². The van der Waals surface area contributed by atoms with Crippen molar-refractivity contribution >= 4 is 11.8 Å². The van der Waals surface area contributed by atoms with Crippen molar-refractivity contribution in [3.63, 3.8) is 0 Å². The summed E-state index contributed by atoms with van der Waals surface area (Å²) in [5.41, 5.74) is 2.19. The van der Waals surface area contributed by atoms with Gasteiger partial charge in [0.15, 0.2) is 0 Å². The van der Waals surface area contributed by atoms with Crippen molar-refractivity contribution < 1.29 is 4.79 Å². The standard InChI is InChI=1S/C22H29N5O/c1-26-11-13-27(14-12-26)20-10-7-17(15-23-20)16-24-22(28)25-21(19-8-9-19)18-5-3-2-4-6-18/h2-7,10,15,19,21H,8-9,11-14,16H2,1H3,(H2,24,25,28). The summed E-state index contributed by atoms with van der Waals surface area (Å²) in [5, 5.41) is 6.13. The van der Waals surface area contributed by atoms with Crippen LogP contribution in [0.25, 0.3) is 0 Å². The van der Waals surface area contributed by atoms with Gasteiger partial charge in [0.2, 0.25) is 0 Å². The lowest BCUT2D eigenvalue weighted by Crippen LogP contribution is -2.44. The lowest BCUT2D eigenvalue weighted by molar-refractivity contribution is 0.235. The second-order valence-electron chi connectivity index (χ2n) is 7.87. The van der Waals surface area contributed by atoms with Gasteiger partial charge in [0.05, 0.1) is 6.04 Å². The summed E-state index contributed by atoms with van der Waals surface area (Å²) in [5.74, 6) is 1.57. The fourth-order valence-corrected chi connectivity index (χ4v) is 3.68. The van der Waals surface area contributed by atoms with Crippen LogP contribution in [0.2, 0.25) is 0 Å². The Bertz CT molecular complexity index is 767. The molecule has 148 valence electrons. The van der Waals surface area contributed by atoms with Crippen molar-refractivity contribution in [3.05, 3.63) is 59.8 Å². The molecular formula is C22H29N5O. The van der Waals surface area contributed by atoms with Gasteiger partial charge in [-0.05, 0) is 43.0 Å². The molecule has 6 heteroatoms. The monoisotopic (exact) mass is 379 g/mol. The number of pyridine rings is 1. The Morgan fingerprint density at radius 3 is 2.50 bits per heavy atom. The Morgan fingerprint density at radius 1 is 1.11 bits per heavy atom. The Kier molecular flexibility index (Phi) is 5.76. The van der Waals surface area contributed by atoms with Crippen LogP contribution in [0.15, 0.2) is 48.7 Å². The van der Waals surface area contributed by atoms with E-state index in [4.69, 9.17) is 0 Å². The summed E-state index contributed by atoms with van der Waals surface area (Å²) in [7, 11) is 2.15. The van der Waals surface area contributed by atoms with Crippen molar-refractivity contribution in [2.75, 3.05) is 38.1 Å². The maximum absolute atomic E-state index is 12.4. The third kappa shape index (κ3) is 4.81. The number of carbonyl (C=O) groups excluding carboxylic acids is 1. The highest BCUT2D eigenvalue weighted by atomic mass is 16.2. The molecule has 0 spiro atoms. The average molecular weight is 380 g/mol. The number of nitrogens with zero attached hydrogens (tertiary/aromatic N) is 3. The van der Waals surface area contributed by atoms with Crippen LogP contribution in [0.1, 0.15) is 30.0 Å². The van der Waals surface area contributed by atoms with Gasteiger partial charge in [0.25, 0.3) is 0 Å². The molecule has 28 heavy (non-hydrogen) atoms. The van der Waals surface area contributed by atoms with Crippen LogP contribution < -0.4 is 15.5 Å². The molecule has 1 saturated carbocycles. The first-order valence-electron chi connectivity index (χ1n) is 10.2. The zero-order valence-electron chi connectivity index (χ0n) is 16.5. The quantitative estimate of drug-likeness (QED) is 0.810. The lowest BCUT2D eigenvalue weighted by Gasteiger charge is -2.33. The van der Waals surface area contributed by atoms with E-state index in [-0.39, 0.29) is 12.1 Å². The number of piperazine rings is 1. The zero-order valence-corrected chi connectivity index (χ0v) is 16.5. The SMILES string of the molecule is CN1CCN(c2ccc(CNC(=O)NC(c3ccccc3)C3CC3)cn2)CC1. The number of likely N-dealkylation sites (N-methyl/N-ethyl adjacent to an activating group) is 1. The number of hydrogen-bond acceptors (Lipinski definition) is 4. The number of carbonyl (C=O) groups is 1. The molecule has 1 aromatic heterocycles. The van der Waals surface area contributed by atoms with E-state index in [0.29, 0.717) is 12.5 Å². The van der Waals surface area contributed by atoms with Crippen LogP contribution in [-0.2, 0) is 6.54 Å². The molecule has 4 rings (SSSR count). The van der Waals surface area contributed by atoms with E-state index in [0.717, 1.165) is 37.6 Å². The summed E-state index contributed by atoms with van der Waals surface area (Å²) in [4.78, 5) is 21.7. The van der Waals surface area contributed by atoms with E-state index in [9.17, 15) is 4.79 Å². The van der Waals surface area contributed by atoms with Gasteiger partial charge in [0, 0.05) is 38.9 Å². The molecule has 2 N–H and O–H groups in total. The number of aromatic nitrogens is 1. The van der Waals surface area contributed by atoms with Gasteiger partial charge in [0.1, 0.15) is 5.82 Å². The average Bonchev–Trinajstić information content (AvgIpc) is 3.57. The van der Waals surface area contributed by atoms with Crippen molar-refractivity contribution in [3.8, 4) is 0 Å². The van der Waals surface area contributed by atoms with Gasteiger partial charge >= 0.3 is 6.03 Å². The maximum Gasteiger partial charge on any atom is 0.315 e. The van der Waals surface area contributed by atoms with Crippen LogP contribution >= 0.6 is 0 Å². The number of benzene rings is 1. The Morgan fingerprint density at radius 2 is 1.86 bits per heavy atom. The number of anilines is 1. The first kappa shape index (κ1) is 18.7.